The number of aromatic nitrogens is 5. The molecule has 0 saturated heterocycles. The number of nitrogens with one attached hydrogen (secondary N) is 1. The maximum absolute atomic E-state index is 11.9. The van der Waals surface area contributed by atoms with Gasteiger partial charge in [-0.3, -0.25) is 0 Å². The molecule has 0 atom stereocenters. The summed E-state index contributed by atoms with van der Waals surface area (Å²) < 4.78 is 6.86. The molecule has 2 aromatic heterocycles. The van der Waals surface area contributed by atoms with E-state index in [1.807, 2.05) is 30.3 Å². The van der Waals surface area contributed by atoms with Gasteiger partial charge in [0.2, 0.25) is 0 Å². The van der Waals surface area contributed by atoms with Crippen molar-refractivity contribution in [1.82, 2.24) is 24.7 Å². The van der Waals surface area contributed by atoms with Gasteiger partial charge >= 0.3 is 5.97 Å². The molecule has 21 heavy (non-hydrogen) atoms. The second-order valence-corrected chi connectivity index (χ2v) is 4.45. The number of imidazole rings is 1. The van der Waals surface area contributed by atoms with Crippen molar-refractivity contribution in [2.75, 3.05) is 0 Å². The smallest absolute Gasteiger partial charge is 0.356 e. The number of hydrogen-bond donors (Lipinski definition) is 1. The summed E-state index contributed by atoms with van der Waals surface area (Å²) in [5.41, 5.74) is 1.21. The molecule has 1 aromatic carbocycles. The van der Waals surface area contributed by atoms with Crippen LogP contribution in [0.4, 0.5) is 0 Å². The Balaban J connectivity index is 1.69. The standard InChI is InChI=1S/C14H13N5O2/c1-19-9-16-18-12(19)8-21-14(20)11-7-15-13(17-11)10-5-3-2-4-6-10/h2-7,9H,8H2,1H3,(H,15,17). The summed E-state index contributed by atoms with van der Waals surface area (Å²) in [6, 6.07) is 9.55. The number of carbonyl (C=O) groups is 1. The third-order valence-electron chi connectivity index (χ3n) is 2.98. The van der Waals surface area contributed by atoms with Crippen molar-refractivity contribution >= 4 is 5.97 Å². The second kappa shape index (κ2) is 5.58. The van der Waals surface area contributed by atoms with Gasteiger partial charge in [-0.15, -0.1) is 10.2 Å². The number of esters is 1. The molecule has 7 heteroatoms. The van der Waals surface area contributed by atoms with Crippen LogP contribution in [0.1, 0.15) is 16.3 Å². The molecule has 1 N–H and O–H groups in total. The van der Waals surface area contributed by atoms with Crippen molar-refractivity contribution in [3.8, 4) is 11.4 Å². The van der Waals surface area contributed by atoms with E-state index >= 15 is 0 Å². The first-order valence-electron chi connectivity index (χ1n) is 6.34. The summed E-state index contributed by atoms with van der Waals surface area (Å²) in [4.78, 5) is 19.1. The minimum Gasteiger partial charge on any atom is -0.453 e. The molecule has 3 aromatic rings. The third kappa shape index (κ3) is 2.81. The van der Waals surface area contributed by atoms with E-state index in [9.17, 15) is 4.79 Å². The molecule has 0 aliphatic heterocycles. The number of aryl methyl sites for hydroxylation is 1. The third-order valence-corrected chi connectivity index (χ3v) is 2.98. The van der Waals surface area contributed by atoms with Gasteiger partial charge in [-0.1, -0.05) is 30.3 Å². The van der Waals surface area contributed by atoms with E-state index in [2.05, 4.69) is 20.2 Å². The van der Waals surface area contributed by atoms with Gasteiger partial charge in [0.1, 0.15) is 17.8 Å². The predicted octanol–water partition coefficient (Wildman–Crippen LogP) is 1.56. The van der Waals surface area contributed by atoms with Crippen molar-refractivity contribution in [2.45, 2.75) is 6.61 Å². The van der Waals surface area contributed by atoms with Crippen molar-refractivity contribution in [3.05, 3.63) is 54.4 Å². The summed E-state index contributed by atoms with van der Waals surface area (Å²) >= 11 is 0. The van der Waals surface area contributed by atoms with E-state index < -0.39 is 5.97 Å². The molecule has 0 unspecified atom stereocenters. The highest BCUT2D eigenvalue weighted by atomic mass is 16.5. The van der Waals surface area contributed by atoms with Gasteiger partial charge in [0.15, 0.2) is 12.4 Å². The van der Waals surface area contributed by atoms with Crippen molar-refractivity contribution in [2.24, 2.45) is 7.05 Å². The minimum atomic E-state index is -0.479. The molecule has 0 amide bonds. The highest BCUT2D eigenvalue weighted by Gasteiger charge is 2.13. The zero-order valence-electron chi connectivity index (χ0n) is 11.4. The average molecular weight is 283 g/mol. The molecule has 3 rings (SSSR count). The van der Waals surface area contributed by atoms with E-state index in [1.54, 1.807) is 17.9 Å². The van der Waals surface area contributed by atoms with Crippen LogP contribution in [-0.2, 0) is 18.4 Å². The number of nitrogens with zero attached hydrogens (tertiary/aromatic N) is 4. The zero-order valence-corrected chi connectivity index (χ0v) is 11.4. The number of rotatable bonds is 4. The molecular formula is C14H13N5O2. The van der Waals surface area contributed by atoms with E-state index in [4.69, 9.17) is 4.74 Å². The molecule has 0 aliphatic rings. The number of ether oxygens (including phenoxy) is 1. The van der Waals surface area contributed by atoms with Crippen molar-refractivity contribution in [3.63, 3.8) is 0 Å². The van der Waals surface area contributed by atoms with Gasteiger partial charge in [0, 0.05) is 12.6 Å². The lowest BCUT2D eigenvalue weighted by atomic mass is 10.2. The lowest BCUT2D eigenvalue weighted by Crippen LogP contribution is -2.08. The monoisotopic (exact) mass is 283 g/mol. The topological polar surface area (TPSA) is 85.7 Å². The summed E-state index contributed by atoms with van der Waals surface area (Å²) in [5.74, 6) is 0.722. The van der Waals surface area contributed by atoms with Crippen LogP contribution in [-0.4, -0.2) is 30.7 Å². The lowest BCUT2D eigenvalue weighted by molar-refractivity contribution is 0.0452. The number of aromatic amines is 1. The lowest BCUT2D eigenvalue weighted by Gasteiger charge is -2.02. The predicted molar refractivity (Wildman–Crippen MR) is 74.1 cm³/mol. The highest BCUT2D eigenvalue weighted by molar-refractivity contribution is 5.87. The Bertz CT molecular complexity index is 748. The Labute approximate surface area is 120 Å². The Morgan fingerprint density at radius 3 is 2.86 bits per heavy atom. The summed E-state index contributed by atoms with van der Waals surface area (Å²) in [6.45, 7) is 0.0645. The van der Waals surface area contributed by atoms with Gasteiger partial charge in [0.05, 0.1) is 6.20 Å². The average Bonchev–Trinajstić information content (AvgIpc) is 3.15. The number of carbonyl (C=O) groups excluding carboxylic acids is 1. The van der Waals surface area contributed by atoms with Crippen LogP contribution < -0.4 is 0 Å². The first-order valence-corrected chi connectivity index (χ1v) is 6.34. The molecular weight excluding hydrogens is 270 g/mol. The van der Waals surface area contributed by atoms with E-state index in [-0.39, 0.29) is 6.61 Å². The molecule has 0 bridgehead atoms. The van der Waals surface area contributed by atoms with Crippen LogP contribution in [0.25, 0.3) is 11.4 Å². The molecule has 0 saturated carbocycles. The van der Waals surface area contributed by atoms with Gasteiger partial charge in [-0.05, 0) is 0 Å². The Morgan fingerprint density at radius 2 is 2.14 bits per heavy atom. The molecule has 7 nitrogen and oxygen atoms in total. The minimum absolute atomic E-state index is 0.0645. The van der Waals surface area contributed by atoms with Gasteiger partial charge < -0.3 is 14.3 Å². The van der Waals surface area contributed by atoms with E-state index in [1.165, 1.54) is 6.20 Å². The van der Waals surface area contributed by atoms with Crippen LogP contribution in [0.3, 0.4) is 0 Å². The van der Waals surface area contributed by atoms with Crippen LogP contribution in [0.15, 0.2) is 42.9 Å². The first kappa shape index (κ1) is 13.0. The SMILES string of the molecule is Cn1cnnc1COC(=O)c1cnc(-c2ccccc2)[nH]1. The molecule has 106 valence electrons. The first-order chi connectivity index (χ1) is 10.2. The maximum atomic E-state index is 11.9. The molecule has 0 spiro atoms. The fourth-order valence-electron chi connectivity index (χ4n) is 1.81. The van der Waals surface area contributed by atoms with Gasteiger partial charge in [0.25, 0.3) is 0 Å². The Morgan fingerprint density at radius 1 is 1.33 bits per heavy atom. The van der Waals surface area contributed by atoms with Gasteiger partial charge in [-0.25, -0.2) is 9.78 Å². The summed E-state index contributed by atoms with van der Waals surface area (Å²) in [5, 5.41) is 7.56. The Kier molecular flexibility index (Phi) is 3.46. The summed E-state index contributed by atoms with van der Waals surface area (Å²) in [7, 11) is 1.78. The van der Waals surface area contributed by atoms with Crippen LogP contribution >= 0.6 is 0 Å². The largest absolute Gasteiger partial charge is 0.453 e. The van der Waals surface area contributed by atoms with Crippen LogP contribution in [0.5, 0.6) is 0 Å². The van der Waals surface area contributed by atoms with Crippen LogP contribution in [0, 0.1) is 0 Å². The quantitative estimate of drug-likeness (QED) is 0.734. The number of hydrogen-bond acceptors (Lipinski definition) is 5. The van der Waals surface area contributed by atoms with E-state index in [0.717, 1.165) is 5.56 Å². The molecule has 0 radical (unpaired) electrons. The zero-order chi connectivity index (χ0) is 14.7. The highest BCUT2D eigenvalue weighted by Crippen LogP contribution is 2.15. The van der Waals surface area contributed by atoms with Crippen LogP contribution in [0.2, 0.25) is 0 Å². The fourth-order valence-corrected chi connectivity index (χ4v) is 1.81. The number of H-pyrrole nitrogens is 1. The molecule has 0 aliphatic carbocycles. The van der Waals surface area contributed by atoms with E-state index in [0.29, 0.717) is 17.3 Å². The maximum Gasteiger partial charge on any atom is 0.356 e. The number of benzene rings is 1. The molecule has 2 heterocycles. The summed E-state index contributed by atoms with van der Waals surface area (Å²) in [6.07, 6.45) is 3.01. The fraction of sp³-hybridized carbons (Fsp3) is 0.143. The second-order valence-electron chi connectivity index (χ2n) is 4.45. The normalized spacial score (nSPS) is 10.5. The van der Waals surface area contributed by atoms with Crippen molar-refractivity contribution in [1.29, 1.82) is 0 Å². The van der Waals surface area contributed by atoms with Gasteiger partial charge in [-0.2, -0.15) is 0 Å². The molecule has 0 fully saturated rings. The Hall–Kier alpha value is -2.96. The van der Waals surface area contributed by atoms with Crippen molar-refractivity contribution < 1.29 is 9.53 Å².